The number of carbonyl (C=O) groups is 1. The number of rotatable bonds is 6. The van der Waals surface area contributed by atoms with E-state index >= 15 is 0 Å². The molecule has 0 aliphatic rings. The van der Waals surface area contributed by atoms with E-state index in [0.29, 0.717) is 17.7 Å². The number of hydrogen-bond acceptors (Lipinski definition) is 4. The van der Waals surface area contributed by atoms with Gasteiger partial charge in [0, 0.05) is 18.0 Å². The van der Waals surface area contributed by atoms with Crippen LogP contribution in [0.5, 0.6) is 5.75 Å². The van der Waals surface area contributed by atoms with Gasteiger partial charge in [-0.2, -0.15) is 0 Å². The van der Waals surface area contributed by atoms with Gasteiger partial charge in [-0.05, 0) is 30.7 Å². The number of nitrogens with zero attached hydrogens (tertiary/aromatic N) is 2. The average molecular weight is 256 g/mol. The minimum atomic E-state index is -0.0827. The summed E-state index contributed by atoms with van der Waals surface area (Å²) in [7, 11) is 0. The first-order valence-corrected chi connectivity index (χ1v) is 6.34. The first-order valence-electron chi connectivity index (χ1n) is 6.34. The zero-order valence-corrected chi connectivity index (χ0v) is 10.9. The summed E-state index contributed by atoms with van der Waals surface area (Å²) in [6, 6.07) is 7.15. The zero-order valence-electron chi connectivity index (χ0n) is 10.9. The molecule has 0 bridgehead atoms. The molecule has 0 aliphatic heterocycles. The number of benzene rings is 1. The number of hydrogen-bond donors (Lipinski definition) is 0. The molecule has 1 aromatic carbocycles. The molecule has 0 N–H and O–H groups in total. The third kappa shape index (κ3) is 3.61. The Labute approximate surface area is 112 Å². The van der Waals surface area contributed by atoms with Crippen LogP contribution in [0.25, 0.3) is 0 Å². The fourth-order valence-electron chi connectivity index (χ4n) is 1.62. The topological polar surface area (TPSA) is 52.1 Å². The summed E-state index contributed by atoms with van der Waals surface area (Å²) in [6.45, 7) is 2.82. The summed E-state index contributed by atoms with van der Waals surface area (Å²) in [5.74, 6) is 0.704. The number of unbranched alkanes of at least 4 members (excludes halogenated alkanes) is 1. The van der Waals surface area contributed by atoms with Gasteiger partial charge in [0.2, 0.25) is 0 Å². The van der Waals surface area contributed by atoms with Gasteiger partial charge in [-0.15, -0.1) is 0 Å². The molecule has 0 aliphatic carbocycles. The Balaban J connectivity index is 2.04. The maximum absolute atomic E-state index is 12.1. The standard InChI is InChI=1S/C15H16N2O2/c1-2-3-8-19-14-6-4-12(5-7-14)15(18)13-9-16-11-17-10-13/h4-7,9-11H,2-3,8H2,1H3. The Bertz CT molecular complexity index is 524. The lowest BCUT2D eigenvalue weighted by Gasteiger charge is -2.06. The van der Waals surface area contributed by atoms with Crippen molar-refractivity contribution in [1.82, 2.24) is 9.97 Å². The highest BCUT2D eigenvalue weighted by atomic mass is 16.5. The molecule has 19 heavy (non-hydrogen) atoms. The van der Waals surface area contributed by atoms with Crippen molar-refractivity contribution in [1.29, 1.82) is 0 Å². The summed E-state index contributed by atoms with van der Waals surface area (Å²) < 4.78 is 5.55. The van der Waals surface area contributed by atoms with Crippen LogP contribution in [0.1, 0.15) is 35.7 Å². The monoisotopic (exact) mass is 256 g/mol. The fraction of sp³-hybridized carbons (Fsp3) is 0.267. The maximum atomic E-state index is 12.1. The van der Waals surface area contributed by atoms with Crippen molar-refractivity contribution in [2.75, 3.05) is 6.61 Å². The Kier molecular flexibility index (Phi) is 4.61. The van der Waals surface area contributed by atoms with E-state index < -0.39 is 0 Å². The Morgan fingerprint density at radius 3 is 2.42 bits per heavy atom. The number of ketones is 1. The van der Waals surface area contributed by atoms with Crippen molar-refractivity contribution in [2.45, 2.75) is 19.8 Å². The third-order valence-corrected chi connectivity index (χ3v) is 2.71. The van der Waals surface area contributed by atoms with Crippen molar-refractivity contribution in [3.8, 4) is 5.75 Å². The van der Waals surface area contributed by atoms with E-state index in [9.17, 15) is 4.79 Å². The molecule has 1 heterocycles. The third-order valence-electron chi connectivity index (χ3n) is 2.71. The molecule has 4 heteroatoms. The first-order chi connectivity index (χ1) is 9.31. The maximum Gasteiger partial charge on any atom is 0.196 e. The van der Waals surface area contributed by atoms with E-state index in [-0.39, 0.29) is 5.78 Å². The molecule has 4 nitrogen and oxygen atoms in total. The molecular weight excluding hydrogens is 240 g/mol. The van der Waals surface area contributed by atoms with Gasteiger partial charge < -0.3 is 4.74 Å². The number of carbonyl (C=O) groups excluding carboxylic acids is 1. The van der Waals surface area contributed by atoms with Gasteiger partial charge >= 0.3 is 0 Å². The molecule has 0 spiro atoms. The Hall–Kier alpha value is -2.23. The SMILES string of the molecule is CCCCOc1ccc(C(=O)c2cncnc2)cc1. The second-order valence-electron chi connectivity index (χ2n) is 4.18. The molecule has 0 amide bonds. The molecule has 0 fully saturated rings. The van der Waals surface area contributed by atoms with E-state index in [1.165, 1.54) is 18.7 Å². The molecule has 98 valence electrons. The van der Waals surface area contributed by atoms with Gasteiger partial charge in [0.05, 0.1) is 12.2 Å². The van der Waals surface area contributed by atoms with Crippen LogP contribution in [0.15, 0.2) is 43.0 Å². The van der Waals surface area contributed by atoms with Crippen LogP contribution in [0.3, 0.4) is 0 Å². The lowest BCUT2D eigenvalue weighted by Crippen LogP contribution is -2.03. The summed E-state index contributed by atoms with van der Waals surface area (Å²) >= 11 is 0. The highest BCUT2D eigenvalue weighted by Gasteiger charge is 2.09. The number of ether oxygens (including phenoxy) is 1. The summed E-state index contributed by atoms with van der Waals surface area (Å²) in [4.78, 5) is 19.8. The first kappa shape index (κ1) is 13.2. The van der Waals surface area contributed by atoms with Crippen LogP contribution in [-0.2, 0) is 0 Å². The van der Waals surface area contributed by atoms with Gasteiger partial charge in [0.1, 0.15) is 12.1 Å². The van der Waals surface area contributed by atoms with Gasteiger partial charge in [0.15, 0.2) is 5.78 Å². The van der Waals surface area contributed by atoms with Crippen LogP contribution in [0.2, 0.25) is 0 Å². The van der Waals surface area contributed by atoms with Crippen molar-refractivity contribution >= 4 is 5.78 Å². The highest BCUT2D eigenvalue weighted by Crippen LogP contribution is 2.15. The van der Waals surface area contributed by atoms with E-state index in [1.54, 1.807) is 12.1 Å². The minimum Gasteiger partial charge on any atom is -0.494 e. The van der Waals surface area contributed by atoms with Gasteiger partial charge in [0.25, 0.3) is 0 Å². The van der Waals surface area contributed by atoms with Crippen molar-refractivity contribution in [3.05, 3.63) is 54.1 Å². The Morgan fingerprint density at radius 1 is 1.11 bits per heavy atom. The van der Waals surface area contributed by atoms with Crippen molar-refractivity contribution < 1.29 is 9.53 Å². The normalized spacial score (nSPS) is 10.2. The van der Waals surface area contributed by atoms with E-state index in [2.05, 4.69) is 16.9 Å². The molecule has 0 saturated heterocycles. The lowest BCUT2D eigenvalue weighted by atomic mass is 10.1. The van der Waals surface area contributed by atoms with Gasteiger partial charge in [-0.25, -0.2) is 9.97 Å². The smallest absolute Gasteiger partial charge is 0.196 e. The molecule has 0 unspecified atom stereocenters. The highest BCUT2D eigenvalue weighted by molar-refractivity contribution is 6.08. The molecule has 2 rings (SSSR count). The summed E-state index contributed by atoms with van der Waals surface area (Å²) in [6.07, 6.45) is 6.57. The van der Waals surface area contributed by atoms with Crippen LogP contribution < -0.4 is 4.74 Å². The van der Waals surface area contributed by atoms with Gasteiger partial charge in [-0.1, -0.05) is 13.3 Å². The molecule has 0 saturated carbocycles. The molecule has 1 aromatic heterocycles. The second-order valence-corrected chi connectivity index (χ2v) is 4.18. The Morgan fingerprint density at radius 2 is 1.79 bits per heavy atom. The fourth-order valence-corrected chi connectivity index (χ4v) is 1.62. The van der Waals surface area contributed by atoms with Crippen LogP contribution in [0, 0.1) is 0 Å². The minimum absolute atomic E-state index is 0.0827. The predicted molar refractivity (Wildman–Crippen MR) is 72.3 cm³/mol. The van der Waals surface area contributed by atoms with Crippen molar-refractivity contribution in [3.63, 3.8) is 0 Å². The van der Waals surface area contributed by atoms with E-state index in [0.717, 1.165) is 18.6 Å². The van der Waals surface area contributed by atoms with Crippen molar-refractivity contribution in [2.24, 2.45) is 0 Å². The average Bonchev–Trinajstić information content (AvgIpc) is 2.48. The zero-order chi connectivity index (χ0) is 13.5. The quantitative estimate of drug-likeness (QED) is 0.589. The van der Waals surface area contributed by atoms with Gasteiger partial charge in [-0.3, -0.25) is 4.79 Å². The molecule has 2 aromatic rings. The number of aromatic nitrogens is 2. The largest absolute Gasteiger partial charge is 0.494 e. The van der Waals surface area contributed by atoms with E-state index in [4.69, 9.17) is 4.74 Å². The van der Waals surface area contributed by atoms with E-state index in [1.807, 2.05) is 12.1 Å². The summed E-state index contributed by atoms with van der Waals surface area (Å²) in [5.41, 5.74) is 1.10. The molecule has 0 atom stereocenters. The predicted octanol–water partition coefficient (Wildman–Crippen LogP) is 2.89. The molecule has 0 radical (unpaired) electrons. The molecular formula is C15H16N2O2. The van der Waals surface area contributed by atoms with Crippen LogP contribution >= 0.6 is 0 Å². The summed E-state index contributed by atoms with van der Waals surface area (Å²) in [5, 5.41) is 0. The lowest BCUT2D eigenvalue weighted by molar-refractivity contribution is 0.103. The van der Waals surface area contributed by atoms with Crippen LogP contribution in [-0.4, -0.2) is 22.4 Å². The second kappa shape index (κ2) is 6.64. The van der Waals surface area contributed by atoms with Crippen LogP contribution in [0.4, 0.5) is 0 Å².